The number of amides is 2. The fourth-order valence-electron chi connectivity index (χ4n) is 3.10. The van der Waals surface area contributed by atoms with E-state index < -0.39 is 0 Å². The summed E-state index contributed by atoms with van der Waals surface area (Å²) in [6.45, 7) is 2.37. The summed E-state index contributed by atoms with van der Waals surface area (Å²) in [5.41, 5.74) is 3.17. The van der Waals surface area contributed by atoms with Crippen molar-refractivity contribution in [3.05, 3.63) is 35.4 Å². The molecule has 1 aromatic carbocycles. The van der Waals surface area contributed by atoms with Crippen molar-refractivity contribution < 1.29 is 9.59 Å². The third-order valence-corrected chi connectivity index (χ3v) is 4.35. The summed E-state index contributed by atoms with van der Waals surface area (Å²) in [4.78, 5) is 24.0. The first-order valence-corrected chi connectivity index (χ1v) is 7.93. The SMILES string of the molecule is CCN1N=C(C(=O)N[C@@H]2CCc3ccccc3C2)CCC1=O. The third kappa shape index (κ3) is 3.03. The monoisotopic (exact) mass is 299 g/mol. The first kappa shape index (κ1) is 14.8. The third-order valence-electron chi connectivity index (χ3n) is 4.35. The van der Waals surface area contributed by atoms with Gasteiger partial charge in [-0.2, -0.15) is 5.10 Å². The fourth-order valence-corrected chi connectivity index (χ4v) is 3.10. The Kier molecular flexibility index (Phi) is 4.22. The minimum Gasteiger partial charge on any atom is -0.348 e. The van der Waals surface area contributed by atoms with Gasteiger partial charge in [0.25, 0.3) is 5.91 Å². The van der Waals surface area contributed by atoms with Gasteiger partial charge in [0, 0.05) is 25.4 Å². The maximum Gasteiger partial charge on any atom is 0.267 e. The number of hydrogen-bond acceptors (Lipinski definition) is 3. The van der Waals surface area contributed by atoms with Crippen LogP contribution in [0.15, 0.2) is 29.4 Å². The minimum atomic E-state index is -0.129. The van der Waals surface area contributed by atoms with E-state index in [9.17, 15) is 9.59 Å². The van der Waals surface area contributed by atoms with Gasteiger partial charge in [0.05, 0.1) is 0 Å². The van der Waals surface area contributed by atoms with Crippen LogP contribution >= 0.6 is 0 Å². The van der Waals surface area contributed by atoms with Crippen LogP contribution in [0.5, 0.6) is 0 Å². The van der Waals surface area contributed by atoms with Crippen LogP contribution in [0.3, 0.4) is 0 Å². The van der Waals surface area contributed by atoms with Gasteiger partial charge in [0.2, 0.25) is 5.91 Å². The zero-order valence-electron chi connectivity index (χ0n) is 12.8. The van der Waals surface area contributed by atoms with E-state index >= 15 is 0 Å². The highest BCUT2D eigenvalue weighted by Gasteiger charge is 2.26. The van der Waals surface area contributed by atoms with E-state index in [1.54, 1.807) is 0 Å². The molecular weight excluding hydrogens is 278 g/mol. The lowest BCUT2D eigenvalue weighted by Gasteiger charge is -2.27. The number of carbonyl (C=O) groups is 2. The molecule has 0 aromatic heterocycles. The second-order valence-electron chi connectivity index (χ2n) is 5.84. The van der Waals surface area contributed by atoms with Gasteiger partial charge in [0.15, 0.2) is 0 Å². The second-order valence-corrected chi connectivity index (χ2v) is 5.84. The standard InChI is InChI=1S/C17H21N3O2/c1-2-20-16(21)10-9-15(19-20)17(22)18-14-8-7-12-5-3-4-6-13(12)11-14/h3-6,14H,2,7-11H2,1H3,(H,18,22)/t14-/m1/s1. The summed E-state index contributed by atoms with van der Waals surface area (Å²) < 4.78 is 0. The maximum atomic E-state index is 12.4. The van der Waals surface area contributed by atoms with Gasteiger partial charge in [-0.1, -0.05) is 24.3 Å². The Morgan fingerprint density at radius 1 is 1.27 bits per heavy atom. The average molecular weight is 299 g/mol. The molecule has 1 aliphatic heterocycles. The zero-order chi connectivity index (χ0) is 15.5. The number of rotatable bonds is 3. The van der Waals surface area contributed by atoms with Crippen molar-refractivity contribution in [1.82, 2.24) is 10.3 Å². The van der Waals surface area contributed by atoms with Crippen molar-refractivity contribution in [1.29, 1.82) is 0 Å². The summed E-state index contributed by atoms with van der Waals surface area (Å²) in [7, 11) is 0. The molecule has 1 heterocycles. The molecule has 5 heteroatoms. The normalized spacial score (nSPS) is 21.1. The van der Waals surface area contributed by atoms with Gasteiger partial charge in [-0.25, -0.2) is 5.01 Å². The Bertz CT molecular complexity index is 624. The maximum absolute atomic E-state index is 12.4. The Hall–Kier alpha value is -2.17. The number of nitrogens with zero attached hydrogens (tertiary/aromatic N) is 2. The fraction of sp³-hybridized carbons (Fsp3) is 0.471. The Morgan fingerprint density at radius 2 is 2.05 bits per heavy atom. The molecule has 0 saturated carbocycles. The average Bonchev–Trinajstić information content (AvgIpc) is 2.55. The molecule has 0 saturated heterocycles. The molecule has 1 aromatic rings. The van der Waals surface area contributed by atoms with E-state index in [0.717, 1.165) is 19.3 Å². The Morgan fingerprint density at radius 3 is 2.82 bits per heavy atom. The molecule has 22 heavy (non-hydrogen) atoms. The van der Waals surface area contributed by atoms with Crippen LogP contribution in [0.4, 0.5) is 0 Å². The molecule has 3 rings (SSSR count). The molecule has 0 unspecified atom stereocenters. The molecule has 0 fully saturated rings. The van der Waals surface area contributed by atoms with Gasteiger partial charge in [-0.15, -0.1) is 0 Å². The van der Waals surface area contributed by atoms with E-state index in [2.05, 4.69) is 28.6 Å². The molecule has 0 radical (unpaired) electrons. The van der Waals surface area contributed by atoms with Crippen molar-refractivity contribution >= 4 is 17.5 Å². The van der Waals surface area contributed by atoms with Crippen LogP contribution in [-0.2, 0) is 22.4 Å². The highest BCUT2D eigenvalue weighted by molar-refractivity contribution is 6.39. The van der Waals surface area contributed by atoms with Crippen molar-refractivity contribution in [2.45, 2.75) is 45.1 Å². The minimum absolute atomic E-state index is 0.00866. The van der Waals surface area contributed by atoms with E-state index in [4.69, 9.17) is 0 Å². The number of nitrogens with one attached hydrogen (secondary N) is 1. The van der Waals surface area contributed by atoms with Gasteiger partial charge in [0.1, 0.15) is 5.71 Å². The summed E-state index contributed by atoms with van der Waals surface area (Å²) in [5, 5.41) is 8.64. The van der Waals surface area contributed by atoms with E-state index in [1.165, 1.54) is 16.1 Å². The van der Waals surface area contributed by atoms with Gasteiger partial charge >= 0.3 is 0 Å². The van der Waals surface area contributed by atoms with Crippen LogP contribution in [0.25, 0.3) is 0 Å². The number of hydrazone groups is 1. The molecule has 5 nitrogen and oxygen atoms in total. The zero-order valence-corrected chi connectivity index (χ0v) is 12.8. The molecule has 2 aliphatic rings. The Labute approximate surface area is 130 Å². The number of fused-ring (bicyclic) bond motifs is 1. The summed E-state index contributed by atoms with van der Waals surface area (Å²) in [6.07, 6.45) is 3.61. The predicted molar refractivity (Wildman–Crippen MR) is 84.5 cm³/mol. The lowest BCUT2D eigenvalue weighted by molar-refractivity contribution is -0.131. The molecule has 2 amide bonds. The topological polar surface area (TPSA) is 61.8 Å². The van der Waals surface area contributed by atoms with Crippen molar-refractivity contribution in [3.8, 4) is 0 Å². The summed E-state index contributed by atoms with van der Waals surface area (Å²) in [6, 6.07) is 8.54. The molecule has 1 aliphatic carbocycles. The quantitative estimate of drug-likeness (QED) is 0.922. The number of carbonyl (C=O) groups excluding carboxylic acids is 2. The first-order chi connectivity index (χ1) is 10.7. The van der Waals surface area contributed by atoms with Gasteiger partial charge in [-0.05, 0) is 37.3 Å². The Balaban J connectivity index is 1.64. The van der Waals surface area contributed by atoms with E-state index in [-0.39, 0.29) is 17.9 Å². The van der Waals surface area contributed by atoms with Crippen LogP contribution in [0.1, 0.15) is 37.3 Å². The second kappa shape index (κ2) is 6.30. The van der Waals surface area contributed by atoms with Crippen LogP contribution in [0, 0.1) is 0 Å². The molecule has 1 atom stereocenters. The first-order valence-electron chi connectivity index (χ1n) is 7.93. The van der Waals surface area contributed by atoms with Crippen molar-refractivity contribution in [3.63, 3.8) is 0 Å². The van der Waals surface area contributed by atoms with E-state index in [1.807, 2.05) is 13.0 Å². The highest BCUT2D eigenvalue weighted by atomic mass is 16.2. The van der Waals surface area contributed by atoms with E-state index in [0.29, 0.717) is 25.1 Å². The molecule has 0 bridgehead atoms. The number of benzene rings is 1. The predicted octanol–water partition coefficient (Wildman–Crippen LogP) is 1.66. The number of hydrogen-bond donors (Lipinski definition) is 1. The van der Waals surface area contributed by atoms with Crippen molar-refractivity contribution in [2.24, 2.45) is 5.10 Å². The highest BCUT2D eigenvalue weighted by Crippen LogP contribution is 2.21. The lowest BCUT2D eigenvalue weighted by Crippen LogP contribution is -2.44. The van der Waals surface area contributed by atoms with Crippen LogP contribution < -0.4 is 5.32 Å². The molecule has 1 N–H and O–H groups in total. The van der Waals surface area contributed by atoms with Crippen molar-refractivity contribution in [2.75, 3.05) is 6.54 Å². The summed E-state index contributed by atoms with van der Waals surface area (Å²) >= 11 is 0. The molecular formula is C17H21N3O2. The lowest BCUT2D eigenvalue weighted by atomic mass is 9.88. The molecule has 116 valence electrons. The van der Waals surface area contributed by atoms with Crippen LogP contribution in [-0.4, -0.2) is 35.1 Å². The number of aryl methyl sites for hydroxylation is 1. The van der Waals surface area contributed by atoms with Gasteiger partial charge in [-0.3, -0.25) is 9.59 Å². The van der Waals surface area contributed by atoms with Gasteiger partial charge < -0.3 is 5.32 Å². The smallest absolute Gasteiger partial charge is 0.267 e. The molecule has 0 spiro atoms. The van der Waals surface area contributed by atoms with Crippen LogP contribution in [0.2, 0.25) is 0 Å². The summed E-state index contributed by atoms with van der Waals surface area (Å²) in [5.74, 6) is -0.138. The largest absolute Gasteiger partial charge is 0.348 e.